The van der Waals surface area contributed by atoms with Crippen molar-refractivity contribution in [1.29, 1.82) is 0 Å². The molecule has 2 heterocycles. The second-order valence-corrected chi connectivity index (χ2v) is 5.38. The number of rotatable bonds is 4. The van der Waals surface area contributed by atoms with E-state index in [4.69, 9.17) is 14.6 Å². The van der Waals surface area contributed by atoms with E-state index in [9.17, 15) is 4.79 Å². The van der Waals surface area contributed by atoms with E-state index in [2.05, 4.69) is 0 Å². The van der Waals surface area contributed by atoms with Gasteiger partial charge in [0, 0.05) is 11.8 Å². The van der Waals surface area contributed by atoms with Crippen LogP contribution in [0.1, 0.15) is 27.6 Å². The van der Waals surface area contributed by atoms with E-state index >= 15 is 0 Å². The van der Waals surface area contributed by atoms with Crippen LogP contribution in [0.25, 0.3) is 0 Å². The summed E-state index contributed by atoms with van der Waals surface area (Å²) >= 11 is 0. The first kappa shape index (κ1) is 15.0. The summed E-state index contributed by atoms with van der Waals surface area (Å²) in [6.07, 6.45) is 0. The molecule has 0 radical (unpaired) electrons. The molecular weight excluding hydrogens is 292 g/mol. The van der Waals surface area contributed by atoms with E-state index < -0.39 is 0 Å². The number of aryl methyl sites for hydroxylation is 2. The SMILES string of the molecule is Cc1ccc(CN(C(=O)c2ccccc2N)c2ccc(C)o2)o1. The normalized spacial score (nSPS) is 10.7. The van der Waals surface area contributed by atoms with Crippen LogP contribution < -0.4 is 10.6 Å². The summed E-state index contributed by atoms with van der Waals surface area (Å²) in [4.78, 5) is 14.5. The van der Waals surface area contributed by atoms with E-state index in [1.54, 1.807) is 30.3 Å². The molecule has 2 aromatic heterocycles. The number of nitrogen functional groups attached to an aromatic ring is 1. The van der Waals surface area contributed by atoms with Crippen LogP contribution in [0.15, 0.2) is 57.4 Å². The number of hydrogen-bond donors (Lipinski definition) is 1. The minimum atomic E-state index is -0.230. The summed E-state index contributed by atoms with van der Waals surface area (Å²) in [5.41, 5.74) is 6.81. The van der Waals surface area contributed by atoms with Crippen LogP contribution in [0.3, 0.4) is 0 Å². The standard InChI is InChI=1S/C18H18N2O3/c1-12-7-9-14(22-12)11-20(17-10-8-13(2)23-17)18(21)15-5-3-4-6-16(15)19/h3-10H,11,19H2,1-2H3. The van der Waals surface area contributed by atoms with Crippen LogP contribution in [0.5, 0.6) is 0 Å². The summed E-state index contributed by atoms with van der Waals surface area (Å²) < 4.78 is 11.2. The van der Waals surface area contributed by atoms with E-state index in [0.717, 1.165) is 11.5 Å². The highest BCUT2D eigenvalue weighted by atomic mass is 16.4. The van der Waals surface area contributed by atoms with Gasteiger partial charge in [0.05, 0.1) is 12.1 Å². The van der Waals surface area contributed by atoms with Crippen LogP contribution in [-0.2, 0) is 6.54 Å². The quantitative estimate of drug-likeness (QED) is 0.741. The average Bonchev–Trinajstić information content (AvgIpc) is 3.13. The molecule has 5 heteroatoms. The highest BCUT2D eigenvalue weighted by Crippen LogP contribution is 2.25. The monoisotopic (exact) mass is 310 g/mol. The van der Waals surface area contributed by atoms with Crippen molar-refractivity contribution in [3.63, 3.8) is 0 Å². The molecule has 118 valence electrons. The van der Waals surface area contributed by atoms with Crippen molar-refractivity contribution in [2.45, 2.75) is 20.4 Å². The Morgan fingerprint density at radius 1 is 1.00 bits per heavy atom. The lowest BCUT2D eigenvalue weighted by Crippen LogP contribution is -2.30. The predicted octanol–water partition coefficient (Wildman–Crippen LogP) is 3.92. The third-order valence-electron chi connectivity index (χ3n) is 3.54. The zero-order chi connectivity index (χ0) is 16.4. The van der Waals surface area contributed by atoms with Crippen LogP contribution in [-0.4, -0.2) is 5.91 Å². The first-order valence-electron chi connectivity index (χ1n) is 7.33. The molecule has 3 aromatic rings. The Bertz CT molecular complexity index is 832. The van der Waals surface area contributed by atoms with Crippen molar-refractivity contribution in [3.8, 4) is 0 Å². The molecule has 1 amide bonds. The van der Waals surface area contributed by atoms with Gasteiger partial charge in [-0.1, -0.05) is 12.1 Å². The molecule has 0 bridgehead atoms. The second kappa shape index (κ2) is 6.04. The molecule has 0 saturated heterocycles. The summed E-state index contributed by atoms with van der Waals surface area (Å²) in [6, 6.07) is 14.3. The number of para-hydroxylation sites is 1. The van der Waals surface area contributed by atoms with Crippen molar-refractivity contribution in [3.05, 3.63) is 71.4 Å². The Morgan fingerprint density at radius 3 is 2.30 bits per heavy atom. The van der Waals surface area contributed by atoms with Crippen molar-refractivity contribution in [2.75, 3.05) is 10.6 Å². The van der Waals surface area contributed by atoms with Gasteiger partial charge in [0.1, 0.15) is 17.3 Å². The molecule has 3 rings (SSSR count). The first-order valence-corrected chi connectivity index (χ1v) is 7.33. The molecule has 0 aliphatic rings. The minimum absolute atomic E-state index is 0.230. The Labute approximate surface area is 134 Å². The molecule has 0 atom stereocenters. The van der Waals surface area contributed by atoms with E-state index in [1.807, 2.05) is 32.0 Å². The summed E-state index contributed by atoms with van der Waals surface area (Å²) in [7, 11) is 0. The van der Waals surface area contributed by atoms with Gasteiger partial charge in [0.2, 0.25) is 5.88 Å². The molecule has 1 aromatic carbocycles. The fourth-order valence-electron chi connectivity index (χ4n) is 2.38. The average molecular weight is 310 g/mol. The van der Waals surface area contributed by atoms with Gasteiger partial charge in [-0.15, -0.1) is 0 Å². The number of nitrogens with two attached hydrogens (primary N) is 1. The highest BCUT2D eigenvalue weighted by molar-refractivity contribution is 6.08. The lowest BCUT2D eigenvalue weighted by atomic mass is 10.1. The number of nitrogens with zero attached hydrogens (tertiary/aromatic N) is 1. The number of hydrogen-bond acceptors (Lipinski definition) is 4. The molecule has 0 aliphatic heterocycles. The van der Waals surface area contributed by atoms with Crippen LogP contribution in [0.2, 0.25) is 0 Å². The number of carbonyl (C=O) groups excluding carboxylic acids is 1. The van der Waals surface area contributed by atoms with Gasteiger partial charge in [-0.25, -0.2) is 0 Å². The van der Waals surface area contributed by atoms with Gasteiger partial charge in [-0.05, 0) is 44.2 Å². The number of carbonyl (C=O) groups is 1. The maximum Gasteiger partial charge on any atom is 0.263 e. The molecule has 0 spiro atoms. The minimum Gasteiger partial charge on any atom is -0.464 e. The van der Waals surface area contributed by atoms with Crippen LogP contribution >= 0.6 is 0 Å². The number of furan rings is 2. The topological polar surface area (TPSA) is 72.6 Å². The van der Waals surface area contributed by atoms with Crippen molar-refractivity contribution in [2.24, 2.45) is 0 Å². The zero-order valence-electron chi connectivity index (χ0n) is 13.1. The Morgan fingerprint density at radius 2 is 1.70 bits per heavy atom. The largest absolute Gasteiger partial charge is 0.464 e. The summed E-state index contributed by atoms with van der Waals surface area (Å²) in [5, 5.41) is 0. The molecule has 23 heavy (non-hydrogen) atoms. The lowest BCUT2D eigenvalue weighted by molar-refractivity contribution is 0.0979. The third kappa shape index (κ3) is 3.13. The number of benzene rings is 1. The Kier molecular flexibility index (Phi) is 3.93. The highest BCUT2D eigenvalue weighted by Gasteiger charge is 2.23. The first-order chi connectivity index (χ1) is 11.0. The predicted molar refractivity (Wildman–Crippen MR) is 88.3 cm³/mol. The van der Waals surface area contributed by atoms with Gasteiger partial charge < -0.3 is 14.6 Å². The smallest absolute Gasteiger partial charge is 0.263 e. The van der Waals surface area contributed by atoms with Crippen molar-refractivity contribution >= 4 is 17.5 Å². The molecule has 0 unspecified atom stereocenters. The maximum absolute atomic E-state index is 12.9. The van der Waals surface area contributed by atoms with Gasteiger partial charge in [0.25, 0.3) is 5.91 Å². The lowest BCUT2D eigenvalue weighted by Gasteiger charge is -2.19. The Hall–Kier alpha value is -2.95. The molecule has 0 saturated carbocycles. The fraction of sp³-hybridized carbons (Fsp3) is 0.167. The van der Waals surface area contributed by atoms with Crippen molar-refractivity contribution in [1.82, 2.24) is 0 Å². The van der Waals surface area contributed by atoms with Crippen LogP contribution in [0.4, 0.5) is 11.6 Å². The number of anilines is 2. The van der Waals surface area contributed by atoms with Gasteiger partial charge >= 0.3 is 0 Å². The summed E-state index contributed by atoms with van der Waals surface area (Å²) in [5.74, 6) is 2.44. The van der Waals surface area contributed by atoms with E-state index in [1.165, 1.54) is 4.90 Å². The van der Waals surface area contributed by atoms with Gasteiger partial charge in [-0.2, -0.15) is 0 Å². The second-order valence-electron chi connectivity index (χ2n) is 5.38. The van der Waals surface area contributed by atoms with Gasteiger partial charge in [-0.3, -0.25) is 9.69 Å². The maximum atomic E-state index is 12.9. The molecule has 0 aliphatic carbocycles. The molecule has 2 N–H and O–H groups in total. The number of amides is 1. The molecule has 5 nitrogen and oxygen atoms in total. The van der Waals surface area contributed by atoms with Crippen molar-refractivity contribution < 1.29 is 13.6 Å². The molecule has 0 fully saturated rings. The fourth-order valence-corrected chi connectivity index (χ4v) is 2.38. The third-order valence-corrected chi connectivity index (χ3v) is 3.54. The van der Waals surface area contributed by atoms with E-state index in [0.29, 0.717) is 22.9 Å². The van der Waals surface area contributed by atoms with E-state index in [-0.39, 0.29) is 12.5 Å². The zero-order valence-corrected chi connectivity index (χ0v) is 13.1. The Balaban J connectivity index is 1.97. The molecular formula is C18H18N2O3. The van der Waals surface area contributed by atoms with Crippen LogP contribution in [0, 0.1) is 13.8 Å². The van der Waals surface area contributed by atoms with Gasteiger partial charge in [0.15, 0.2) is 0 Å². The summed E-state index contributed by atoms with van der Waals surface area (Å²) in [6.45, 7) is 3.97.